The molecule has 0 bridgehead atoms. The summed E-state index contributed by atoms with van der Waals surface area (Å²) in [6.07, 6.45) is 27.6. The second-order valence-corrected chi connectivity index (χ2v) is 7.48. The third kappa shape index (κ3) is 29.9. The summed E-state index contributed by atoms with van der Waals surface area (Å²) in [5.74, 6) is -1.62. The maximum Gasteiger partial charge on any atom is 0.332 e. The van der Waals surface area contributed by atoms with Crippen molar-refractivity contribution in [3.63, 3.8) is 0 Å². The summed E-state index contributed by atoms with van der Waals surface area (Å²) >= 11 is 0. The Hall–Kier alpha value is -2.40. The predicted octanol–water partition coefficient (Wildman–Crippen LogP) is 6.47. The molecule has 31 heavy (non-hydrogen) atoms. The lowest BCUT2D eigenvalue weighted by Gasteiger charge is -2.06. The van der Waals surface area contributed by atoms with Gasteiger partial charge < -0.3 is 15.3 Å². The number of carboxylic acids is 2. The van der Waals surface area contributed by atoms with Crippen LogP contribution in [0.25, 0.3) is 0 Å². The van der Waals surface area contributed by atoms with Crippen molar-refractivity contribution in [1.82, 2.24) is 0 Å². The normalized spacial score (nSPS) is 13.1. The van der Waals surface area contributed by atoms with Gasteiger partial charge in [-0.05, 0) is 57.3 Å². The van der Waals surface area contributed by atoms with Crippen LogP contribution >= 0.6 is 0 Å². The molecule has 0 spiro atoms. The van der Waals surface area contributed by atoms with Gasteiger partial charge in [0.05, 0.1) is 0 Å². The number of rotatable bonds is 16. The number of allylic oxidation sites excluding steroid dienone is 10. The van der Waals surface area contributed by atoms with Crippen LogP contribution in [0.4, 0.5) is 0 Å². The molecule has 0 amide bonds. The van der Waals surface area contributed by atoms with Gasteiger partial charge in [0, 0.05) is 6.42 Å². The fraction of sp³-hybridized carbons (Fsp3) is 0.538. The Morgan fingerprint density at radius 2 is 1.16 bits per heavy atom. The second-order valence-electron chi connectivity index (χ2n) is 7.48. The van der Waals surface area contributed by atoms with Crippen molar-refractivity contribution >= 4 is 11.9 Å². The van der Waals surface area contributed by atoms with Gasteiger partial charge in [0.1, 0.15) is 0 Å². The van der Waals surface area contributed by atoms with E-state index in [2.05, 4.69) is 67.7 Å². The average molecular weight is 435 g/mol. The SMILES string of the molecule is CC(C)CC(O)C(=O)O.CC/C=C\C/C=C\C/C=C\C/C=C\C/C=C\CCCC(=O)O. The zero-order valence-electron chi connectivity index (χ0n) is 19.5. The first kappa shape index (κ1) is 30.8. The minimum absolute atomic E-state index is 0.232. The summed E-state index contributed by atoms with van der Waals surface area (Å²) in [6, 6.07) is 0. The molecular weight excluding hydrogens is 392 g/mol. The molecule has 5 nitrogen and oxygen atoms in total. The van der Waals surface area contributed by atoms with Crippen LogP contribution in [0.2, 0.25) is 0 Å². The van der Waals surface area contributed by atoms with E-state index < -0.39 is 18.0 Å². The lowest BCUT2D eigenvalue weighted by Crippen LogP contribution is -2.21. The van der Waals surface area contributed by atoms with Crippen LogP contribution in [0, 0.1) is 5.92 Å². The van der Waals surface area contributed by atoms with Gasteiger partial charge in [-0.2, -0.15) is 0 Å². The number of unbranched alkanes of at least 4 members (excludes halogenated alkanes) is 1. The fourth-order valence-electron chi connectivity index (χ4n) is 2.29. The van der Waals surface area contributed by atoms with E-state index in [0.717, 1.165) is 44.9 Å². The van der Waals surface area contributed by atoms with Gasteiger partial charge in [0.25, 0.3) is 0 Å². The van der Waals surface area contributed by atoms with Crippen molar-refractivity contribution in [3.8, 4) is 0 Å². The molecular formula is C26H42O5. The van der Waals surface area contributed by atoms with Gasteiger partial charge in [-0.15, -0.1) is 0 Å². The molecule has 0 saturated heterocycles. The highest BCUT2D eigenvalue weighted by Gasteiger charge is 2.13. The minimum atomic E-state index is -1.19. The first-order valence-corrected chi connectivity index (χ1v) is 11.2. The third-order valence-electron chi connectivity index (χ3n) is 3.90. The van der Waals surface area contributed by atoms with Gasteiger partial charge in [0.15, 0.2) is 6.10 Å². The van der Waals surface area contributed by atoms with Crippen LogP contribution in [0.1, 0.15) is 78.6 Å². The Morgan fingerprint density at radius 1 is 0.742 bits per heavy atom. The maximum absolute atomic E-state index is 10.3. The highest BCUT2D eigenvalue weighted by atomic mass is 16.4. The minimum Gasteiger partial charge on any atom is -0.481 e. The number of carboxylic acid groups (broad SMARTS) is 2. The Morgan fingerprint density at radius 3 is 1.48 bits per heavy atom. The van der Waals surface area contributed by atoms with Gasteiger partial charge in [-0.1, -0.05) is 81.5 Å². The lowest BCUT2D eigenvalue weighted by atomic mass is 10.1. The summed E-state index contributed by atoms with van der Waals surface area (Å²) in [7, 11) is 0. The number of aliphatic hydroxyl groups excluding tert-OH is 1. The highest BCUT2D eigenvalue weighted by Crippen LogP contribution is 2.03. The molecule has 1 atom stereocenters. The van der Waals surface area contributed by atoms with Crippen molar-refractivity contribution in [2.75, 3.05) is 0 Å². The Bertz CT molecular complexity index is 583. The molecule has 0 aliphatic heterocycles. The van der Waals surface area contributed by atoms with Crippen molar-refractivity contribution in [3.05, 3.63) is 60.8 Å². The van der Waals surface area contributed by atoms with E-state index in [4.69, 9.17) is 15.3 Å². The largest absolute Gasteiger partial charge is 0.481 e. The van der Waals surface area contributed by atoms with Crippen LogP contribution in [0.15, 0.2) is 60.8 Å². The quantitative estimate of drug-likeness (QED) is 0.191. The first-order valence-electron chi connectivity index (χ1n) is 11.2. The molecule has 0 rings (SSSR count). The molecule has 0 aliphatic carbocycles. The molecule has 0 aromatic rings. The van der Waals surface area contributed by atoms with E-state index in [1.54, 1.807) is 0 Å². The van der Waals surface area contributed by atoms with Gasteiger partial charge in [-0.3, -0.25) is 4.79 Å². The summed E-state index contributed by atoms with van der Waals surface area (Å²) in [4.78, 5) is 20.3. The Labute approximate surface area is 188 Å². The topological polar surface area (TPSA) is 94.8 Å². The number of aliphatic carboxylic acids is 2. The second kappa shape index (κ2) is 23.9. The molecule has 0 radical (unpaired) electrons. The maximum atomic E-state index is 10.3. The standard InChI is InChI=1S/C20H30O2.C6H12O3/c1-2-3-4-5-6-7-8-9-10-11-12-13-14-15-16-17-18-19-20(21)22;1-4(2)3-5(7)6(8)9/h3-4,6-7,9-10,12-13,15-16H,2,5,8,11,14,17-19H2,1H3,(H,21,22);4-5,7H,3H2,1-2H3,(H,8,9)/b4-3-,7-6-,10-9-,13-12-,16-15-;. The molecule has 0 saturated carbocycles. The Kier molecular flexibility index (Phi) is 23.7. The summed E-state index contributed by atoms with van der Waals surface area (Å²) in [6.45, 7) is 5.88. The van der Waals surface area contributed by atoms with Crippen LogP contribution in [0.5, 0.6) is 0 Å². The van der Waals surface area contributed by atoms with E-state index >= 15 is 0 Å². The van der Waals surface area contributed by atoms with Crippen LogP contribution in [0.3, 0.4) is 0 Å². The van der Waals surface area contributed by atoms with Crippen LogP contribution in [-0.4, -0.2) is 33.4 Å². The van der Waals surface area contributed by atoms with Crippen molar-refractivity contribution in [2.24, 2.45) is 5.92 Å². The van der Waals surface area contributed by atoms with Gasteiger partial charge in [-0.25, -0.2) is 4.79 Å². The number of hydrogen-bond donors (Lipinski definition) is 3. The van der Waals surface area contributed by atoms with E-state index in [-0.39, 0.29) is 12.3 Å². The molecule has 176 valence electrons. The molecule has 0 aromatic heterocycles. The Balaban J connectivity index is 0. The highest BCUT2D eigenvalue weighted by molar-refractivity contribution is 5.71. The van der Waals surface area contributed by atoms with E-state index in [0.29, 0.717) is 6.42 Å². The molecule has 0 heterocycles. The monoisotopic (exact) mass is 434 g/mol. The zero-order chi connectivity index (χ0) is 23.7. The molecule has 1 unspecified atom stereocenters. The zero-order valence-corrected chi connectivity index (χ0v) is 19.5. The molecule has 0 aromatic carbocycles. The summed E-state index contributed by atoms with van der Waals surface area (Å²) in [5.41, 5.74) is 0. The number of hydrogen-bond acceptors (Lipinski definition) is 3. The van der Waals surface area contributed by atoms with Crippen molar-refractivity contribution in [2.45, 2.75) is 84.7 Å². The molecule has 3 N–H and O–H groups in total. The van der Waals surface area contributed by atoms with Crippen LogP contribution < -0.4 is 0 Å². The average Bonchev–Trinajstić information content (AvgIpc) is 2.70. The summed E-state index contributed by atoms with van der Waals surface area (Å²) in [5, 5.41) is 25.4. The van der Waals surface area contributed by atoms with Crippen molar-refractivity contribution in [1.29, 1.82) is 0 Å². The molecule has 0 aliphatic rings. The third-order valence-corrected chi connectivity index (χ3v) is 3.90. The predicted molar refractivity (Wildman–Crippen MR) is 129 cm³/mol. The smallest absolute Gasteiger partial charge is 0.332 e. The first-order chi connectivity index (χ1) is 14.8. The molecule has 0 fully saturated rings. The van der Waals surface area contributed by atoms with Gasteiger partial charge >= 0.3 is 11.9 Å². The number of carbonyl (C=O) groups is 2. The van der Waals surface area contributed by atoms with E-state index in [9.17, 15) is 9.59 Å². The van der Waals surface area contributed by atoms with Crippen LogP contribution in [-0.2, 0) is 9.59 Å². The van der Waals surface area contributed by atoms with Gasteiger partial charge in [0.2, 0.25) is 0 Å². The molecule has 5 heteroatoms. The fourth-order valence-corrected chi connectivity index (χ4v) is 2.29. The summed E-state index contributed by atoms with van der Waals surface area (Å²) < 4.78 is 0. The van der Waals surface area contributed by atoms with Crippen molar-refractivity contribution < 1.29 is 24.9 Å². The van der Waals surface area contributed by atoms with E-state index in [1.807, 2.05) is 13.8 Å². The lowest BCUT2D eigenvalue weighted by molar-refractivity contribution is -0.147. The van der Waals surface area contributed by atoms with E-state index in [1.165, 1.54) is 0 Å². The number of aliphatic hydroxyl groups is 1.